The third-order valence-corrected chi connectivity index (χ3v) is 7.67. The molecule has 0 saturated heterocycles. The summed E-state index contributed by atoms with van der Waals surface area (Å²) in [5, 5.41) is 0.579. The van der Waals surface area contributed by atoms with Crippen LogP contribution in [0.1, 0.15) is 18.9 Å². The lowest BCUT2D eigenvalue weighted by Crippen LogP contribution is -2.17. The molecule has 1 N–H and O–H groups in total. The number of benzene rings is 2. The molecule has 2 heterocycles. The zero-order valence-electron chi connectivity index (χ0n) is 20.0. The van der Waals surface area contributed by atoms with Gasteiger partial charge in [-0.2, -0.15) is 0 Å². The summed E-state index contributed by atoms with van der Waals surface area (Å²) in [6, 6.07) is 14.1. The van der Waals surface area contributed by atoms with Crippen LogP contribution in [0.4, 0.5) is 11.5 Å². The second kappa shape index (κ2) is 10.1. The van der Waals surface area contributed by atoms with Crippen molar-refractivity contribution in [1.29, 1.82) is 0 Å². The lowest BCUT2D eigenvalue weighted by Gasteiger charge is -2.20. The Morgan fingerprint density at radius 2 is 1.77 bits per heavy atom. The van der Waals surface area contributed by atoms with Gasteiger partial charge in [0.15, 0.2) is 26.5 Å². The molecule has 11 heteroatoms. The molecule has 4 rings (SSSR count). The Morgan fingerprint density at radius 3 is 2.37 bits per heavy atom. The molecule has 0 aliphatic rings. The average molecular weight is 514 g/mol. The number of fused-ring (bicyclic) bond motifs is 1. The third-order valence-electron chi connectivity index (χ3n) is 5.49. The number of aromatic nitrogens is 4. The predicted octanol–water partition coefficient (Wildman–Crippen LogP) is 3.85. The van der Waals surface area contributed by atoms with Crippen molar-refractivity contribution in [2.45, 2.75) is 29.9 Å². The Morgan fingerprint density at radius 1 is 1.09 bits per heavy atom. The van der Waals surface area contributed by atoms with Gasteiger partial charge in [0.05, 0.1) is 18.6 Å². The van der Waals surface area contributed by atoms with Gasteiger partial charge in [-0.15, -0.1) is 0 Å². The normalized spacial score (nSPS) is 11.7. The molecule has 2 aromatic heterocycles. The van der Waals surface area contributed by atoms with Crippen LogP contribution in [-0.2, 0) is 16.4 Å². The number of rotatable bonds is 9. The van der Waals surface area contributed by atoms with Crippen molar-refractivity contribution in [2.75, 3.05) is 31.1 Å². The van der Waals surface area contributed by atoms with Gasteiger partial charge in [0, 0.05) is 24.7 Å². The minimum absolute atomic E-state index is 0.233. The maximum Gasteiger partial charge on any atom is 0.328 e. The number of H-pyrrole nitrogens is 1. The second-order valence-electron chi connectivity index (χ2n) is 8.07. The van der Waals surface area contributed by atoms with E-state index in [1.165, 1.54) is 18.0 Å². The van der Waals surface area contributed by atoms with Crippen LogP contribution in [-0.4, -0.2) is 54.1 Å². The summed E-state index contributed by atoms with van der Waals surface area (Å²) in [5.74, 6) is 2.18. The summed E-state index contributed by atoms with van der Waals surface area (Å²) in [5.41, 5.74) is 2.37. The summed E-state index contributed by atoms with van der Waals surface area (Å²) in [4.78, 5) is 27.5. The number of sulfone groups is 1. The van der Waals surface area contributed by atoms with Crippen LogP contribution >= 0.6 is 11.8 Å². The molecule has 4 aromatic rings. The molecule has 0 bridgehead atoms. The van der Waals surface area contributed by atoms with E-state index in [2.05, 4.69) is 11.9 Å². The molecule has 0 atom stereocenters. The number of aromatic amines is 1. The molecule has 2 aromatic carbocycles. The first-order chi connectivity index (χ1) is 16.7. The Labute approximate surface area is 208 Å². The number of hydrogen-bond donors (Lipinski definition) is 1. The van der Waals surface area contributed by atoms with Gasteiger partial charge in [0.1, 0.15) is 11.3 Å². The number of imidazole rings is 1. The second-order valence-corrected chi connectivity index (χ2v) is 11.1. The molecule has 0 unspecified atom stereocenters. The van der Waals surface area contributed by atoms with Crippen molar-refractivity contribution >= 4 is 44.3 Å². The predicted molar refractivity (Wildman–Crippen MR) is 139 cm³/mol. The van der Waals surface area contributed by atoms with E-state index in [0.29, 0.717) is 22.1 Å². The van der Waals surface area contributed by atoms with Gasteiger partial charge in [0.2, 0.25) is 0 Å². The molecule has 0 saturated carbocycles. The van der Waals surface area contributed by atoms with Crippen molar-refractivity contribution in [3.05, 3.63) is 64.6 Å². The molecule has 0 radical (unpaired) electrons. The van der Waals surface area contributed by atoms with Crippen LogP contribution in [0.2, 0.25) is 0 Å². The summed E-state index contributed by atoms with van der Waals surface area (Å²) in [7, 11) is 0.207. The number of anilines is 2. The number of hydrogen-bond acceptors (Lipinski definition) is 8. The van der Waals surface area contributed by atoms with E-state index >= 15 is 0 Å². The average Bonchev–Trinajstić information content (AvgIpc) is 3.16. The van der Waals surface area contributed by atoms with Gasteiger partial charge in [-0.3, -0.25) is 4.57 Å². The molecular formula is C24H27N5O4S2. The van der Waals surface area contributed by atoms with E-state index in [4.69, 9.17) is 14.7 Å². The van der Waals surface area contributed by atoms with Crippen LogP contribution in [0.15, 0.2) is 63.4 Å². The highest BCUT2D eigenvalue weighted by atomic mass is 32.2. The lowest BCUT2D eigenvalue weighted by molar-refractivity contribution is 0.415. The van der Waals surface area contributed by atoms with Gasteiger partial charge in [-0.05, 0) is 48.4 Å². The highest BCUT2D eigenvalue weighted by Crippen LogP contribution is 2.31. The zero-order valence-corrected chi connectivity index (χ0v) is 21.6. The standard InChI is InChI=1S/C24H27N5O4S2/c1-5-14-34-23-26-21(28(2)17-8-10-18(33-3)11-9-17)20-22(27-23)29(24(30)25-20)15-16-6-12-19(13-7-16)35(4,31)32/h6-13H,5,14-15H2,1-4H3,(H,25,30). The summed E-state index contributed by atoms with van der Waals surface area (Å²) < 4.78 is 30.4. The van der Waals surface area contributed by atoms with Gasteiger partial charge in [0.25, 0.3) is 0 Å². The highest BCUT2D eigenvalue weighted by Gasteiger charge is 2.20. The smallest absolute Gasteiger partial charge is 0.328 e. The van der Waals surface area contributed by atoms with Gasteiger partial charge >= 0.3 is 5.69 Å². The maximum absolute atomic E-state index is 13.0. The monoisotopic (exact) mass is 513 g/mol. The molecular weight excluding hydrogens is 486 g/mol. The molecule has 35 heavy (non-hydrogen) atoms. The van der Waals surface area contributed by atoms with Gasteiger partial charge in [-0.25, -0.2) is 23.2 Å². The third kappa shape index (κ3) is 5.35. The van der Waals surface area contributed by atoms with Gasteiger partial charge < -0.3 is 14.6 Å². The van der Waals surface area contributed by atoms with Crippen molar-refractivity contribution in [3.8, 4) is 5.75 Å². The van der Waals surface area contributed by atoms with Crippen LogP contribution in [0.5, 0.6) is 5.75 Å². The topological polar surface area (TPSA) is 110 Å². The first kappa shape index (κ1) is 24.8. The van der Waals surface area contributed by atoms with Crippen LogP contribution < -0.4 is 15.3 Å². The van der Waals surface area contributed by atoms with E-state index in [-0.39, 0.29) is 17.1 Å². The zero-order chi connectivity index (χ0) is 25.2. The van der Waals surface area contributed by atoms with Gasteiger partial charge in [-0.1, -0.05) is 30.8 Å². The number of methoxy groups -OCH3 is 1. The Kier molecular flexibility index (Phi) is 7.18. The van der Waals surface area contributed by atoms with Crippen LogP contribution in [0.3, 0.4) is 0 Å². The van der Waals surface area contributed by atoms with E-state index < -0.39 is 9.84 Å². The Bertz CT molecular complexity index is 1490. The first-order valence-corrected chi connectivity index (χ1v) is 13.9. The highest BCUT2D eigenvalue weighted by molar-refractivity contribution is 7.99. The largest absolute Gasteiger partial charge is 0.497 e. The molecule has 0 aliphatic carbocycles. The maximum atomic E-state index is 13.0. The van der Waals surface area contributed by atoms with Crippen LogP contribution in [0, 0.1) is 0 Å². The van der Waals surface area contributed by atoms with E-state index in [9.17, 15) is 13.2 Å². The molecule has 0 aliphatic heterocycles. The summed E-state index contributed by atoms with van der Waals surface area (Å²) in [6.45, 7) is 2.33. The van der Waals surface area contributed by atoms with Crippen molar-refractivity contribution in [2.24, 2.45) is 0 Å². The van der Waals surface area contributed by atoms with Crippen molar-refractivity contribution in [3.63, 3.8) is 0 Å². The number of nitrogens with one attached hydrogen (secondary N) is 1. The van der Waals surface area contributed by atoms with Crippen molar-refractivity contribution in [1.82, 2.24) is 19.5 Å². The molecule has 0 fully saturated rings. The fraction of sp³-hybridized carbons (Fsp3) is 0.292. The Hall–Kier alpha value is -3.31. The first-order valence-electron chi connectivity index (χ1n) is 11.0. The number of ether oxygens (including phenoxy) is 1. The fourth-order valence-corrected chi connectivity index (χ4v) is 4.91. The molecule has 9 nitrogen and oxygen atoms in total. The molecule has 184 valence electrons. The molecule has 0 amide bonds. The summed E-state index contributed by atoms with van der Waals surface area (Å²) >= 11 is 1.53. The molecule has 0 spiro atoms. The quantitative estimate of drug-likeness (QED) is 0.265. The number of thioether (sulfide) groups is 1. The lowest BCUT2D eigenvalue weighted by atomic mass is 10.2. The number of nitrogens with zero attached hydrogens (tertiary/aromatic N) is 4. The minimum atomic E-state index is -3.30. The summed E-state index contributed by atoms with van der Waals surface area (Å²) in [6.07, 6.45) is 2.13. The van der Waals surface area contributed by atoms with E-state index in [0.717, 1.165) is 29.2 Å². The fourth-order valence-electron chi connectivity index (χ4n) is 3.60. The van der Waals surface area contributed by atoms with Crippen LogP contribution in [0.25, 0.3) is 11.2 Å². The van der Waals surface area contributed by atoms with E-state index in [1.807, 2.05) is 36.2 Å². The SMILES string of the molecule is CCCSc1nc(N(C)c2ccc(OC)cc2)c2[nH]c(=O)n(Cc3ccc(S(C)(=O)=O)cc3)c2n1. The minimum Gasteiger partial charge on any atom is -0.497 e. The van der Waals surface area contributed by atoms with Crippen molar-refractivity contribution < 1.29 is 13.2 Å². The Balaban J connectivity index is 1.79. The van der Waals surface area contributed by atoms with E-state index in [1.54, 1.807) is 35.9 Å².